The second-order valence-electron chi connectivity index (χ2n) is 5.61. The molecule has 6 heteroatoms. The predicted octanol–water partition coefficient (Wildman–Crippen LogP) is 3.87. The SMILES string of the molecule is CC(C)(CC(F)(F)c1cc(Cl)cc2c1OCC2)C(=O)O. The van der Waals surface area contributed by atoms with Crippen LogP contribution in [0.1, 0.15) is 31.4 Å². The number of carboxylic acid groups (broad SMARTS) is 1. The van der Waals surface area contributed by atoms with Crippen LogP contribution in [-0.4, -0.2) is 17.7 Å². The number of aliphatic carboxylic acids is 1. The molecule has 2 rings (SSSR count). The maximum Gasteiger partial charge on any atom is 0.309 e. The van der Waals surface area contributed by atoms with E-state index in [0.29, 0.717) is 18.6 Å². The first-order valence-corrected chi connectivity index (χ1v) is 6.58. The molecule has 0 spiro atoms. The summed E-state index contributed by atoms with van der Waals surface area (Å²) in [5.74, 6) is -4.45. The lowest BCUT2D eigenvalue weighted by atomic mass is 9.83. The van der Waals surface area contributed by atoms with Crippen molar-refractivity contribution in [1.82, 2.24) is 0 Å². The normalized spacial score (nSPS) is 14.8. The molecule has 1 aliphatic rings. The quantitative estimate of drug-likeness (QED) is 0.918. The van der Waals surface area contributed by atoms with Gasteiger partial charge < -0.3 is 9.84 Å². The van der Waals surface area contributed by atoms with Gasteiger partial charge in [0, 0.05) is 17.9 Å². The number of hydrogen-bond donors (Lipinski definition) is 1. The number of carboxylic acids is 1. The Hall–Kier alpha value is -1.36. The van der Waals surface area contributed by atoms with Crippen molar-refractivity contribution < 1.29 is 23.4 Å². The van der Waals surface area contributed by atoms with E-state index in [9.17, 15) is 13.6 Å². The second-order valence-corrected chi connectivity index (χ2v) is 6.05. The Balaban J connectivity index is 2.42. The molecule has 1 N–H and O–H groups in total. The third-order valence-electron chi connectivity index (χ3n) is 3.39. The standard InChI is InChI=1S/C14H15ClF2O3/c1-13(2,12(18)19)7-14(16,17)10-6-9(15)5-8-3-4-20-11(8)10/h5-6H,3-4,7H2,1-2H3,(H,18,19). The molecule has 1 aliphatic heterocycles. The molecule has 0 aliphatic carbocycles. The maximum absolute atomic E-state index is 14.4. The molecule has 0 atom stereocenters. The van der Waals surface area contributed by atoms with Gasteiger partial charge in [0.1, 0.15) is 5.75 Å². The van der Waals surface area contributed by atoms with Gasteiger partial charge in [-0.15, -0.1) is 0 Å². The van der Waals surface area contributed by atoms with Crippen LogP contribution in [0, 0.1) is 5.41 Å². The van der Waals surface area contributed by atoms with Crippen LogP contribution >= 0.6 is 11.6 Å². The molecule has 20 heavy (non-hydrogen) atoms. The van der Waals surface area contributed by atoms with E-state index in [4.69, 9.17) is 21.4 Å². The summed E-state index contributed by atoms with van der Waals surface area (Å²) in [6, 6.07) is 2.76. The van der Waals surface area contributed by atoms with Gasteiger partial charge in [-0.25, -0.2) is 8.78 Å². The van der Waals surface area contributed by atoms with E-state index in [1.54, 1.807) is 6.07 Å². The minimum atomic E-state index is -3.32. The Kier molecular flexibility index (Phi) is 3.67. The summed E-state index contributed by atoms with van der Waals surface area (Å²) in [6.07, 6.45) is -0.285. The van der Waals surface area contributed by atoms with Crippen LogP contribution in [0.4, 0.5) is 8.78 Å². The van der Waals surface area contributed by atoms with Gasteiger partial charge in [0.05, 0.1) is 17.6 Å². The highest BCUT2D eigenvalue weighted by molar-refractivity contribution is 6.30. The third-order valence-corrected chi connectivity index (χ3v) is 3.60. The number of rotatable bonds is 4. The van der Waals surface area contributed by atoms with Crippen molar-refractivity contribution in [2.45, 2.75) is 32.6 Å². The fraction of sp³-hybridized carbons (Fsp3) is 0.500. The first kappa shape index (κ1) is 15.0. The number of alkyl halides is 2. The topological polar surface area (TPSA) is 46.5 Å². The molecule has 0 unspecified atom stereocenters. The largest absolute Gasteiger partial charge is 0.492 e. The maximum atomic E-state index is 14.4. The van der Waals surface area contributed by atoms with E-state index >= 15 is 0 Å². The van der Waals surface area contributed by atoms with Crippen molar-refractivity contribution >= 4 is 17.6 Å². The molecule has 1 heterocycles. The highest BCUT2D eigenvalue weighted by Gasteiger charge is 2.45. The lowest BCUT2D eigenvalue weighted by molar-refractivity contribution is -0.153. The third kappa shape index (κ3) is 2.73. The van der Waals surface area contributed by atoms with Crippen LogP contribution in [0.3, 0.4) is 0 Å². The Labute approximate surface area is 120 Å². The Bertz CT molecular complexity index is 556. The van der Waals surface area contributed by atoms with Crippen LogP contribution in [0.25, 0.3) is 0 Å². The van der Waals surface area contributed by atoms with E-state index in [-0.39, 0.29) is 16.3 Å². The molecule has 0 saturated heterocycles. The fourth-order valence-corrected chi connectivity index (χ4v) is 2.51. The molecule has 3 nitrogen and oxygen atoms in total. The average molecular weight is 305 g/mol. The van der Waals surface area contributed by atoms with Crippen molar-refractivity contribution in [3.8, 4) is 5.75 Å². The van der Waals surface area contributed by atoms with Crippen LogP contribution in [0.5, 0.6) is 5.75 Å². The lowest BCUT2D eigenvalue weighted by Crippen LogP contribution is -2.31. The molecule has 0 radical (unpaired) electrons. The van der Waals surface area contributed by atoms with Gasteiger partial charge in [0.2, 0.25) is 0 Å². The highest BCUT2D eigenvalue weighted by Crippen LogP contribution is 2.46. The number of fused-ring (bicyclic) bond motifs is 1. The van der Waals surface area contributed by atoms with E-state index in [1.165, 1.54) is 13.8 Å². The molecule has 0 saturated carbocycles. The van der Waals surface area contributed by atoms with Crippen LogP contribution < -0.4 is 4.74 Å². The van der Waals surface area contributed by atoms with Gasteiger partial charge in [0.25, 0.3) is 5.92 Å². The number of ether oxygens (including phenoxy) is 1. The predicted molar refractivity (Wildman–Crippen MR) is 70.6 cm³/mol. The molecular formula is C14H15ClF2O3. The minimum absolute atomic E-state index is 0.139. The Morgan fingerprint density at radius 3 is 2.70 bits per heavy atom. The molecule has 1 aromatic rings. The van der Waals surface area contributed by atoms with Crippen molar-refractivity contribution in [3.63, 3.8) is 0 Å². The molecule has 0 bridgehead atoms. The van der Waals surface area contributed by atoms with Crippen molar-refractivity contribution in [2.24, 2.45) is 5.41 Å². The summed E-state index contributed by atoms with van der Waals surface area (Å²) in [6.45, 7) is 2.88. The lowest BCUT2D eigenvalue weighted by Gasteiger charge is -2.27. The van der Waals surface area contributed by atoms with Crippen molar-refractivity contribution in [1.29, 1.82) is 0 Å². The Morgan fingerprint density at radius 1 is 1.45 bits per heavy atom. The summed E-state index contributed by atoms with van der Waals surface area (Å²) >= 11 is 5.86. The van der Waals surface area contributed by atoms with Crippen LogP contribution in [0.2, 0.25) is 5.02 Å². The van der Waals surface area contributed by atoms with E-state index in [2.05, 4.69) is 0 Å². The summed E-state index contributed by atoms with van der Waals surface area (Å²) < 4.78 is 34.2. The summed E-state index contributed by atoms with van der Waals surface area (Å²) in [5, 5.41) is 9.21. The van der Waals surface area contributed by atoms with E-state index in [1.807, 2.05) is 0 Å². The number of hydrogen-bond acceptors (Lipinski definition) is 2. The van der Waals surface area contributed by atoms with Gasteiger partial charge >= 0.3 is 5.97 Å². The van der Waals surface area contributed by atoms with Gasteiger partial charge in [-0.1, -0.05) is 11.6 Å². The average Bonchev–Trinajstić information content (AvgIpc) is 2.73. The summed E-state index contributed by atoms with van der Waals surface area (Å²) in [5.41, 5.74) is -1.23. The highest BCUT2D eigenvalue weighted by atomic mass is 35.5. The number of halogens is 3. The molecule has 0 amide bonds. The zero-order chi connectivity index (χ0) is 15.1. The summed E-state index contributed by atoms with van der Waals surface area (Å²) in [7, 11) is 0. The molecule has 0 fully saturated rings. The number of carbonyl (C=O) groups is 1. The first-order chi connectivity index (χ1) is 9.13. The smallest absolute Gasteiger partial charge is 0.309 e. The van der Waals surface area contributed by atoms with Crippen LogP contribution in [-0.2, 0) is 17.1 Å². The van der Waals surface area contributed by atoms with Gasteiger partial charge in [-0.05, 0) is 31.5 Å². The zero-order valence-corrected chi connectivity index (χ0v) is 11.9. The molecule has 1 aromatic carbocycles. The second kappa shape index (κ2) is 4.88. The van der Waals surface area contributed by atoms with Crippen molar-refractivity contribution in [3.05, 3.63) is 28.3 Å². The van der Waals surface area contributed by atoms with Gasteiger partial charge in [-0.2, -0.15) is 0 Å². The van der Waals surface area contributed by atoms with Crippen molar-refractivity contribution in [2.75, 3.05) is 6.61 Å². The van der Waals surface area contributed by atoms with Gasteiger partial charge in [0.15, 0.2) is 0 Å². The monoisotopic (exact) mass is 304 g/mol. The fourth-order valence-electron chi connectivity index (χ4n) is 2.27. The molecule has 0 aromatic heterocycles. The van der Waals surface area contributed by atoms with E-state index in [0.717, 1.165) is 6.07 Å². The minimum Gasteiger partial charge on any atom is -0.492 e. The molecule has 110 valence electrons. The van der Waals surface area contributed by atoms with Gasteiger partial charge in [-0.3, -0.25) is 4.79 Å². The molecular weight excluding hydrogens is 290 g/mol. The summed E-state index contributed by atoms with van der Waals surface area (Å²) in [4.78, 5) is 11.0. The number of benzene rings is 1. The van der Waals surface area contributed by atoms with Crippen LogP contribution in [0.15, 0.2) is 12.1 Å². The Morgan fingerprint density at radius 2 is 2.10 bits per heavy atom. The first-order valence-electron chi connectivity index (χ1n) is 6.20. The zero-order valence-electron chi connectivity index (χ0n) is 11.2. The van der Waals surface area contributed by atoms with E-state index < -0.39 is 23.7 Å².